The second-order valence-corrected chi connectivity index (χ2v) is 9.18. The van der Waals surface area contributed by atoms with E-state index in [0.717, 1.165) is 36.5 Å². The Morgan fingerprint density at radius 1 is 1.32 bits per heavy atom. The van der Waals surface area contributed by atoms with Crippen molar-refractivity contribution in [3.05, 3.63) is 41.9 Å². The quantitative estimate of drug-likeness (QED) is 0.831. The molecule has 0 unspecified atom stereocenters. The number of hydrogen-bond acceptors (Lipinski definition) is 4. The normalized spacial score (nSPS) is 24.9. The summed E-state index contributed by atoms with van der Waals surface area (Å²) in [5.74, 6) is 0.810. The average molecular weight is 383 g/mol. The molecule has 150 valence electrons. The summed E-state index contributed by atoms with van der Waals surface area (Å²) in [5.41, 5.74) is 2.74. The van der Waals surface area contributed by atoms with Crippen LogP contribution in [0, 0.1) is 12.3 Å². The van der Waals surface area contributed by atoms with E-state index < -0.39 is 5.60 Å². The molecule has 28 heavy (non-hydrogen) atoms. The predicted octanol–water partition coefficient (Wildman–Crippen LogP) is 4.47. The number of likely N-dealkylation sites (tertiary alicyclic amines) is 1. The molecule has 4 rings (SSSR count). The molecule has 2 saturated heterocycles. The fourth-order valence-electron chi connectivity index (χ4n) is 4.13. The molecule has 1 spiro atoms. The van der Waals surface area contributed by atoms with Gasteiger partial charge in [-0.25, -0.2) is 9.78 Å². The molecule has 2 aliphatic heterocycles. The Hall–Kier alpha value is -2.34. The second-order valence-electron chi connectivity index (χ2n) is 9.18. The highest BCUT2D eigenvalue weighted by atomic mass is 16.6. The zero-order valence-corrected chi connectivity index (χ0v) is 17.1. The number of carbonyl (C=O) groups is 1. The number of amides is 1. The number of nitrogens with one attached hydrogen (secondary N) is 1. The van der Waals surface area contributed by atoms with Gasteiger partial charge in [0, 0.05) is 18.6 Å². The number of H-pyrrole nitrogens is 1. The van der Waals surface area contributed by atoms with Gasteiger partial charge in [0.15, 0.2) is 0 Å². The van der Waals surface area contributed by atoms with Gasteiger partial charge in [-0.1, -0.05) is 29.8 Å². The molecule has 0 saturated carbocycles. The van der Waals surface area contributed by atoms with Gasteiger partial charge in [-0.15, -0.1) is 0 Å². The van der Waals surface area contributed by atoms with Crippen molar-refractivity contribution in [3.8, 4) is 11.3 Å². The van der Waals surface area contributed by atoms with E-state index in [4.69, 9.17) is 9.47 Å². The summed E-state index contributed by atoms with van der Waals surface area (Å²) in [6, 6.07) is 8.21. The van der Waals surface area contributed by atoms with Crippen LogP contribution in [0.4, 0.5) is 4.79 Å². The van der Waals surface area contributed by atoms with E-state index in [9.17, 15) is 4.79 Å². The molecule has 2 aromatic rings. The summed E-state index contributed by atoms with van der Waals surface area (Å²) in [6.45, 7) is 9.85. The highest BCUT2D eigenvalue weighted by Crippen LogP contribution is 2.47. The molecule has 0 radical (unpaired) electrons. The SMILES string of the molecule is Cc1ccc(-c2cnc([C@@H]3C[C@]4(CCOC4)CN3C(=O)OC(C)(C)C)[nH]2)cc1. The van der Waals surface area contributed by atoms with Gasteiger partial charge in [-0.05, 0) is 46.1 Å². The highest BCUT2D eigenvalue weighted by Gasteiger charge is 2.50. The third-order valence-corrected chi connectivity index (χ3v) is 5.60. The Kier molecular flexibility index (Phi) is 4.70. The molecule has 6 nitrogen and oxygen atoms in total. The van der Waals surface area contributed by atoms with Gasteiger partial charge in [-0.3, -0.25) is 4.90 Å². The summed E-state index contributed by atoms with van der Waals surface area (Å²) in [6.07, 6.45) is 3.37. The van der Waals surface area contributed by atoms with E-state index in [-0.39, 0.29) is 17.6 Å². The maximum Gasteiger partial charge on any atom is 0.410 e. The number of aromatic amines is 1. The van der Waals surface area contributed by atoms with Crippen LogP contribution in [-0.2, 0) is 9.47 Å². The van der Waals surface area contributed by atoms with Crippen molar-refractivity contribution in [1.29, 1.82) is 0 Å². The summed E-state index contributed by atoms with van der Waals surface area (Å²) >= 11 is 0. The molecule has 3 heterocycles. The number of benzene rings is 1. The largest absolute Gasteiger partial charge is 0.444 e. The monoisotopic (exact) mass is 383 g/mol. The minimum absolute atomic E-state index is 0.00160. The molecule has 6 heteroatoms. The van der Waals surface area contributed by atoms with Crippen molar-refractivity contribution < 1.29 is 14.3 Å². The minimum Gasteiger partial charge on any atom is -0.444 e. The van der Waals surface area contributed by atoms with Gasteiger partial charge in [-0.2, -0.15) is 0 Å². The first kappa shape index (κ1) is 19.0. The van der Waals surface area contributed by atoms with Crippen LogP contribution in [0.3, 0.4) is 0 Å². The standard InChI is InChI=1S/C22H29N3O3/c1-15-5-7-16(8-6-15)17-12-23-19(24-17)18-11-22(9-10-27-14-22)13-25(18)20(26)28-21(2,3)4/h5-8,12,18H,9-11,13-14H2,1-4H3,(H,23,24)/t18-,22+/m0/s1. The number of aryl methyl sites for hydroxylation is 1. The Morgan fingerprint density at radius 2 is 2.07 bits per heavy atom. The van der Waals surface area contributed by atoms with Crippen LogP contribution >= 0.6 is 0 Å². The van der Waals surface area contributed by atoms with Crippen LogP contribution in [0.1, 0.15) is 51.0 Å². The Bertz CT molecular complexity index is 845. The van der Waals surface area contributed by atoms with Crippen LogP contribution in [-0.4, -0.2) is 46.3 Å². The lowest BCUT2D eigenvalue weighted by Gasteiger charge is -2.28. The van der Waals surface area contributed by atoms with Gasteiger partial charge >= 0.3 is 6.09 Å². The topological polar surface area (TPSA) is 67.4 Å². The molecule has 2 atom stereocenters. The van der Waals surface area contributed by atoms with Crippen molar-refractivity contribution in [2.24, 2.45) is 5.41 Å². The average Bonchev–Trinajstić information content (AvgIpc) is 3.35. The number of hydrogen-bond donors (Lipinski definition) is 1. The molecule has 1 aromatic heterocycles. The lowest BCUT2D eigenvalue weighted by Crippen LogP contribution is -2.38. The summed E-state index contributed by atoms with van der Waals surface area (Å²) in [7, 11) is 0. The maximum absolute atomic E-state index is 12.9. The number of ether oxygens (including phenoxy) is 2. The number of imidazole rings is 1. The Balaban J connectivity index is 1.61. The fourth-order valence-corrected chi connectivity index (χ4v) is 4.13. The van der Waals surface area contributed by atoms with E-state index >= 15 is 0 Å². The summed E-state index contributed by atoms with van der Waals surface area (Å²) in [4.78, 5) is 22.8. The lowest BCUT2D eigenvalue weighted by molar-refractivity contribution is 0.0201. The maximum atomic E-state index is 12.9. The first-order valence-electron chi connectivity index (χ1n) is 9.94. The van der Waals surface area contributed by atoms with Gasteiger partial charge in [0.25, 0.3) is 0 Å². The molecule has 1 N–H and O–H groups in total. The van der Waals surface area contributed by atoms with Crippen LogP contribution < -0.4 is 0 Å². The molecule has 1 amide bonds. The van der Waals surface area contributed by atoms with Crippen molar-refractivity contribution in [1.82, 2.24) is 14.9 Å². The number of carbonyl (C=O) groups excluding carboxylic acids is 1. The van der Waals surface area contributed by atoms with Crippen molar-refractivity contribution in [3.63, 3.8) is 0 Å². The van der Waals surface area contributed by atoms with Crippen LogP contribution in [0.2, 0.25) is 0 Å². The first-order chi connectivity index (χ1) is 13.2. The smallest absolute Gasteiger partial charge is 0.410 e. The third-order valence-electron chi connectivity index (χ3n) is 5.60. The van der Waals surface area contributed by atoms with E-state index in [1.807, 2.05) is 31.9 Å². The molecular formula is C22H29N3O3. The zero-order valence-electron chi connectivity index (χ0n) is 17.1. The number of aromatic nitrogens is 2. The van der Waals surface area contributed by atoms with Crippen LogP contribution in [0.5, 0.6) is 0 Å². The van der Waals surface area contributed by atoms with Crippen molar-refractivity contribution in [2.45, 2.75) is 52.2 Å². The Labute approximate surface area is 166 Å². The molecule has 1 aromatic carbocycles. The van der Waals surface area contributed by atoms with Gasteiger partial charge in [0.05, 0.1) is 24.5 Å². The molecule has 0 bridgehead atoms. The second kappa shape index (κ2) is 6.92. The minimum atomic E-state index is -0.528. The number of rotatable bonds is 2. The number of nitrogens with zero attached hydrogens (tertiary/aromatic N) is 2. The van der Waals surface area contributed by atoms with E-state index in [2.05, 4.69) is 41.2 Å². The van der Waals surface area contributed by atoms with E-state index in [0.29, 0.717) is 13.2 Å². The van der Waals surface area contributed by atoms with Gasteiger partial charge < -0.3 is 14.5 Å². The molecule has 2 fully saturated rings. The van der Waals surface area contributed by atoms with Crippen molar-refractivity contribution in [2.75, 3.05) is 19.8 Å². The van der Waals surface area contributed by atoms with Crippen LogP contribution in [0.25, 0.3) is 11.3 Å². The third kappa shape index (κ3) is 3.78. The molecule has 2 aliphatic rings. The van der Waals surface area contributed by atoms with Gasteiger partial charge in [0.2, 0.25) is 0 Å². The zero-order chi connectivity index (χ0) is 19.9. The summed E-state index contributed by atoms with van der Waals surface area (Å²) < 4.78 is 11.4. The molecular weight excluding hydrogens is 354 g/mol. The highest BCUT2D eigenvalue weighted by molar-refractivity contribution is 5.69. The Morgan fingerprint density at radius 3 is 2.71 bits per heavy atom. The lowest BCUT2D eigenvalue weighted by atomic mass is 9.85. The fraction of sp³-hybridized carbons (Fsp3) is 0.545. The van der Waals surface area contributed by atoms with E-state index in [1.165, 1.54) is 5.56 Å². The van der Waals surface area contributed by atoms with Gasteiger partial charge in [0.1, 0.15) is 11.4 Å². The molecule has 0 aliphatic carbocycles. The predicted molar refractivity (Wildman–Crippen MR) is 107 cm³/mol. The van der Waals surface area contributed by atoms with Crippen LogP contribution in [0.15, 0.2) is 30.5 Å². The van der Waals surface area contributed by atoms with E-state index in [1.54, 1.807) is 0 Å². The summed E-state index contributed by atoms with van der Waals surface area (Å²) in [5, 5.41) is 0. The first-order valence-corrected chi connectivity index (χ1v) is 9.94. The van der Waals surface area contributed by atoms with Crippen molar-refractivity contribution >= 4 is 6.09 Å².